The quantitative estimate of drug-likeness (QED) is 0.439. The van der Waals surface area contributed by atoms with Crippen molar-refractivity contribution < 1.29 is 14.3 Å². The molecule has 6 heteroatoms. The number of carbonyl (C=O) groups is 2. The molecule has 1 aliphatic carbocycles. The van der Waals surface area contributed by atoms with Crippen LogP contribution in [-0.4, -0.2) is 29.5 Å². The van der Waals surface area contributed by atoms with Crippen molar-refractivity contribution in [2.75, 3.05) is 6.54 Å². The maximum atomic E-state index is 13.3. The molecule has 0 spiro atoms. The minimum atomic E-state index is -0.903. The molecule has 158 valence electrons. The van der Waals surface area contributed by atoms with Crippen LogP contribution in [0.2, 0.25) is 0 Å². The van der Waals surface area contributed by atoms with Gasteiger partial charge in [0.1, 0.15) is 0 Å². The molecule has 1 aliphatic rings. The van der Waals surface area contributed by atoms with Gasteiger partial charge in [0.25, 0.3) is 5.91 Å². The highest BCUT2D eigenvalue weighted by molar-refractivity contribution is 7.10. The molecule has 3 aromatic rings. The minimum Gasteiger partial charge on any atom is -0.449 e. The Bertz CT molecular complexity index is 1160. The van der Waals surface area contributed by atoms with Gasteiger partial charge in [-0.1, -0.05) is 30.3 Å². The van der Waals surface area contributed by atoms with Gasteiger partial charge in [-0.05, 0) is 60.9 Å². The topological polar surface area (TPSA) is 68.3 Å². The van der Waals surface area contributed by atoms with Crippen molar-refractivity contribution in [1.82, 2.24) is 10.3 Å². The Balaban J connectivity index is 1.77. The van der Waals surface area contributed by atoms with E-state index in [0.717, 1.165) is 51.9 Å². The first-order valence-electron chi connectivity index (χ1n) is 10.3. The molecule has 0 saturated carbocycles. The summed E-state index contributed by atoms with van der Waals surface area (Å²) in [6, 6.07) is 11.7. The van der Waals surface area contributed by atoms with Crippen LogP contribution in [-0.2, 0) is 16.0 Å². The minimum absolute atomic E-state index is 0.325. The van der Waals surface area contributed by atoms with Crippen LogP contribution in [0, 0.1) is 0 Å². The second-order valence-corrected chi connectivity index (χ2v) is 8.43. The smallest absolute Gasteiger partial charge is 0.339 e. The number of hydrogen-bond acceptors (Lipinski definition) is 5. The molecule has 0 fully saturated rings. The first-order chi connectivity index (χ1) is 15.1. The Hall–Kier alpha value is -3.25. The number of fused-ring (bicyclic) bond motifs is 2. The SMILES string of the molecule is C=CCNC(=O)[C@H](C)OC(=O)c1c2c(nc3ccccc13)/C(=C\c1cccs1)CCC2. The van der Waals surface area contributed by atoms with Gasteiger partial charge in [0, 0.05) is 16.8 Å². The number of allylic oxidation sites excluding steroid dienone is 1. The molecule has 1 amide bonds. The number of amides is 1. The monoisotopic (exact) mass is 432 g/mol. The van der Waals surface area contributed by atoms with Gasteiger partial charge in [-0.15, -0.1) is 17.9 Å². The van der Waals surface area contributed by atoms with Crippen LogP contribution in [0.1, 0.15) is 46.3 Å². The Morgan fingerprint density at radius 2 is 2.10 bits per heavy atom. The zero-order chi connectivity index (χ0) is 21.8. The fourth-order valence-electron chi connectivity index (χ4n) is 3.84. The standard InChI is InChI=1S/C25H24N2O3S/c1-3-13-26-24(28)16(2)30-25(29)22-19-10-4-5-12-21(19)27-23-17(8-6-11-20(22)23)15-18-9-7-14-31-18/h3-5,7,9-10,12,14-16H,1,6,8,11,13H2,2H3,(H,26,28)/b17-15-/t16-/m0/s1. The highest BCUT2D eigenvalue weighted by Crippen LogP contribution is 2.37. The summed E-state index contributed by atoms with van der Waals surface area (Å²) in [5.74, 6) is -0.841. The predicted octanol–water partition coefficient (Wildman–Crippen LogP) is 5.02. The Kier molecular flexibility index (Phi) is 6.28. The van der Waals surface area contributed by atoms with Crippen molar-refractivity contribution in [3.63, 3.8) is 0 Å². The summed E-state index contributed by atoms with van der Waals surface area (Å²) in [5, 5.41) is 5.47. The van der Waals surface area contributed by atoms with E-state index in [0.29, 0.717) is 12.1 Å². The van der Waals surface area contributed by atoms with Crippen molar-refractivity contribution in [3.05, 3.63) is 76.1 Å². The number of benzene rings is 1. The Labute approximate surface area is 185 Å². The number of para-hydroxylation sites is 1. The van der Waals surface area contributed by atoms with Crippen LogP contribution in [0.5, 0.6) is 0 Å². The van der Waals surface area contributed by atoms with Crippen LogP contribution in [0.25, 0.3) is 22.6 Å². The van der Waals surface area contributed by atoms with Crippen molar-refractivity contribution >= 4 is 45.8 Å². The number of ether oxygens (including phenoxy) is 1. The molecule has 1 atom stereocenters. The number of thiophene rings is 1. The van der Waals surface area contributed by atoms with E-state index in [2.05, 4.69) is 24.0 Å². The van der Waals surface area contributed by atoms with Crippen molar-refractivity contribution in [1.29, 1.82) is 0 Å². The van der Waals surface area contributed by atoms with E-state index in [-0.39, 0.29) is 5.91 Å². The summed E-state index contributed by atoms with van der Waals surface area (Å²) in [7, 11) is 0. The van der Waals surface area contributed by atoms with Crippen LogP contribution < -0.4 is 5.32 Å². The number of rotatable bonds is 6. The molecule has 0 unspecified atom stereocenters. The largest absolute Gasteiger partial charge is 0.449 e. The van der Waals surface area contributed by atoms with E-state index in [1.165, 1.54) is 0 Å². The molecule has 1 aromatic carbocycles. The van der Waals surface area contributed by atoms with Crippen LogP contribution in [0.3, 0.4) is 0 Å². The molecule has 0 saturated heterocycles. The number of nitrogens with zero attached hydrogens (tertiary/aromatic N) is 1. The summed E-state index contributed by atoms with van der Waals surface area (Å²) >= 11 is 1.68. The lowest BCUT2D eigenvalue weighted by Gasteiger charge is -2.23. The average Bonchev–Trinajstić information content (AvgIpc) is 3.29. The number of aromatic nitrogens is 1. The molecule has 0 radical (unpaired) electrons. The second kappa shape index (κ2) is 9.27. The summed E-state index contributed by atoms with van der Waals surface area (Å²) in [6.07, 6.45) is 5.42. The van der Waals surface area contributed by atoms with Gasteiger partial charge in [0.15, 0.2) is 6.10 Å². The first kappa shape index (κ1) is 21.0. The lowest BCUT2D eigenvalue weighted by Crippen LogP contribution is -2.36. The van der Waals surface area contributed by atoms with Gasteiger partial charge in [-0.2, -0.15) is 0 Å². The summed E-state index contributed by atoms with van der Waals surface area (Å²) in [4.78, 5) is 31.5. The number of carbonyl (C=O) groups excluding carboxylic acids is 2. The van der Waals surface area contributed by atoms with E-state index in [1.54, 1.807) is 24.3 Å². The summed E-state index contributed by atoms with van der Waals surface area (Å²) < 4.78 is 5.58. The van der Waals surface area contributed by atoms with E-state index in [4.69, 9.17) is 9.72 Å². The van der Waals surface area contributed by atoms with E-state index < -0.39 is 12.1 Å². The molecular weight excluding hydrogens is 408 g/mol. The normalized spacial score (nSPS) is 15.3. The number of hydrogen-bond donors (Lipinski definition) is 1. The van der Waals surface area contributed by atoms with Crippen molar-refractivity contribution in [2.24, 2.45) is 0 Å². The fraction of sp³-hybridized carbons (Fsp3) is 0.240. The van der Waals surface area contributed by atoms with Gasteiger partial charge in [-0.25, -0.2) is 9.78 Å². The van der Waals surface area contributed by atoms with Crippen molar-refractivity contribution in [3.8, 4) is 0 Å². The summed E-state index contributed by atoms with van der Waals surface area (Å²) in [5.41, 5.74) is 4.14. The molecule has 4 rings (SSSR count). The molecule has 31 heavy (non-hydrogen) atoms. The van der Waals surface area contributed by atoms with Crippen LogP contribution in [0.4, 0.5) is 0 Å². The van der Waals surface area contributed by atoms with E-state index >= 15 is 0 Å². The summed E-state index contributed by atoms with van der Waals surface area (Å²) in [6.45, 7) is 5.48. The number of nitrogens with one attached hydrogen (secondary N) is 1. The van der Waals surface area contributed by atoms with Gasteiger partial charge < -0.3 is 10.1 Å². The van der Waals surface area contributed by atoms with Gasteiger partial charge in [0.05, 0.1) is 16.8 Å². The van der Waals surface area contributed by atoms with E-state index in [1.807, 2.05) is 35.7 Å². The first-order valence-corrected chi connectivity index (χ1v) is 11.2. The third-order valence-corrected chi connectivity index (χ3v) is 6.13. The van der Waals surface area contributed by atoms with E-state index in [9.17, 15) is 9.59 Å². The van der Waals surface area contributed by atoms with Gasteiger partial charge >= 0.3 is 5.97 Å². The Morgan fingerprint density at radius 3 is 2.87 bits per heavy atom. The Morgan fingerprint density at radius 1 is 1.26 bits per heavy atom. The lowest BCUT2D eigenvalue weighted by molar-refractivity contribution is -0.128. The van der Waals surface area contributed by atoms with Gasteiger partial charge in [0.2, 0.25) is 0 Å². The zero-order valence-corrected chi connectivity index (χ0v) is 18.2. The van der Waals surface area contributed by atoms with Crippen molar-refractivity contribution in [2.45, 2.75) is 32.3 Å². The predicted molar refractivity (Wildman–Crippen MR) is 125 cm³/mol. The zero-order valence-electron chi connectivity index (χ0n) is 17.4. The molecule has 0 bridgehead atoms. The highest BCUT2D eigenvalue weighted by atomic mass is 32.1. The molecule has 0 aliphatic heterocycles. The van der Waals surface area contributed by atoms with Gasteiger partial charge in [-0.3, -0.25) is 4.79 Å². The fourth-order valence-corrected chi connectivity index (χ4v) is 4.52. The number of pyridine rings is 1. The molecule has 1 N–H and O–H groups in total. The molecule has 2 aromatic heterocycles. The van der Waals surface area contributed by atoms with Crippen LogP contribution in [0.15, 0.2) is 54.4 Å². The maximum Gasteiger partial charge on any atom is 0.339 e. The molecule has 5 nitrogen and oxygen atoms in total. The third-order valence-electron chi connectivity index (χ3n) is 5.31. The van der Waals surface area contributed by atoms with Crippen LogP contribution >= 0.6 is 11.3 Å². The average molecular weight is 433 g/mol. The lowest BCUT2D eigenvalue weighted by atomic mass is 9.86. The molecular formula is C25H24N2O3S. The number of esters is 1. The second-order valence-electron chi connectivity index (χ2n) is 7.45. The third kappa shape index (κ3) is 4.44. The molecule has 2 heterocycles. The maximum absolute atomic E-state index is 13.3. The highest BCUT2D eigenvalue weighted by Gasteiger charge is 2.28.